The van der Waals surface area contributed by atoms with Crippen LogP contribution in [-0.2, 0) is 13.1 Å². The normalized spacial score (nSPS) is 12.3. The molecular weight excluding hydrogens is 448 g/mol. The van der Waals surface area contributed by atoms with Crippen LogP contribution < -0.4 is 9.47 Å². The van der Waals surface area contributed by atoms with Crippen molar-refractivity contribution in [1.82, 2.24) is 19.3 Å². The molecule has 2 aromatic carbocycles. The zero-order valence-electron chi connectivity index (χ0n) is 19.4. The van der Waals surface area contributed by atoms with E-state index in [1.165, 1.54) is 11.8 Å². The van der Waals surface area contributed by atoms with Gasteiger partial charge in [-0.05, 0) is 44.5 Å². The van der Waals surface area contributed by atoms with Crippen molar-refractivity contribution in [2.24, 2.45) is 0 Å². The van der Waals surface area contributed by atoms with Gasteiger partial charge in [-0.15, -0.1) is 10.2 Å². The van der Waals surface area contributed by atoms with Gasteiger partial charge in [-0.3, -0.25) is 4.79 Å². The minimum atomic E-state index is 0.0851. The summed E-state index contributed by atoms with van der Waals surface area (Å²) < 4.78 is 15.1. The SMILES string of the molecule is CCn1c(SCC(=O)c2cc(C)n(Cc3ccc4c(c3)OCO4)c2C)nnc1-c1ccccc1. The molecule has 0 aliphatic carbocycles. The maximum atomic E-state index is 13.2. The molecule has 0 saturated carbocycles. The highest BCUT2D eigenvalue weighted by Gasteiger charge is 2.20. The molecule has 34 heavy (non-hydrogen) atoms. The third-order valence-electron chi connectivity index (χ3n) is 6.05. The second-order valence-electron chi connectivity index (χ2n) is 8.19. The Morgan fingerprint density at radius 2 is 1.79 bits per heavy atom. The van der Waals surface area contributed by atoms with Crippen molar-refractivity contribution in [1.29, 1.82) is 0 Å². The summed E-state index contributed by atoms with van der Waals surface area (Å²) in [4.78, 5) is 13.2. The molecular formula is C26H26N4O3S. The Hall–Kier alpha value is -3.52. The molecule has 5 rings (SSSR count). The van der Waals surface area contributed by atoms with Gasteiger partial charge in [-0.25, -0.2) is 0 Å². The predicted octanol–water partition coefficient (Wildman–Crippen LogP) is 5.14. The summed E-state index contributed by atoms with van der Waals surface area (Å²) in [6.45, 7) is 7.75. The van der Waals surface area contributed by atoms with Crippen LogP contribution in [0.2, 0.25) is 0 Å². The molecule has 0 unspecified atom stereocenters. The monoisotopic (exact) mass is 474 g/mol. The highest BCUT2D eigenvalue weighted by atomic mass is 32.2. The second kappa shape index (κ2) is 9.38. The summed E-state index contributed by atoms with van der Waals surface area (Å²) in [5.41, 5.74) is 4.87. The second-order valence-corrected chi connectivity index (χ2v) is 9.13. The lowest BCUT2D eigenvalue weighted by atomic mass is 10.1. The van der Waals surface area contributed by atoms with E-state index in [0.717, 1.165) is 57.1 Å². The van der Waals surface area contributed by atoms with E-state index >= 15 is 0 Å². The Kier molecular flexibility index (Phi) is 6.15. The molecule has 1 aliphatic heterocycles. The van der Waals surface area contributed by atoms with Crippen LogP contribution in [0.15, 0.2) is 59.8 Å². The average molecular weight is 475 g/mol. The van der Waals surface area contributed by atoms with E-state index in [4.69, 9.17) is 9.47 Å². The van der Waals surface area contributed by atoms with Crippen LogP contribution in [0.3, 0.4) is 0 Å². The number of nitrogens with zero attached hydrogens (tertiary/aromatic N) is 4. The molecule has 1 aliphatic rings. The van der Waals surface area contributed by atoms with E-state index in [1.54, 1.807) is 0 Å². The number of rotatable bonds is 8. The van der Waals surface area contributed by atoms with Crippen LogP contribution in [-0.4, -0.2) is 37.7 Å². The largest absolute Gasteiger partial charge is 0.454 e. The molecule has 0 bridgehead atoms. The molecule has 8 heteroatoms. The maximum absolute atomic E-state index is 13.2. The van der Waals surface area contributed by atoms with E-state index in [1.807, 2.05) is 68.4 Å². The molecule has 0 fully saturated rings. The first-order valence-electron chi connectivity index (χ1n) is 11.2. The van der Waals surface area contributed by atoms with Gasteiger partial charge < -0.3 is 18.6 Å². The molecule has 7 nitrogen and oxygen atoms in total. The van der Waals surface area contributed by atoms with Crippen molar-refractivity contribution < 1.29 is 14.3 Å². The van der Waals surface area contributed by atoms with Crippen LogP contribution in [0, 0.1) is 13.8 Å². The zero-order chi connectivity index (χ0) is 23.7. The number of carbonyl (C=O) groups excluding carboxylic acids is 1. The van der Waals surface area contributed by atoms with Crippen LogP contribution in [0.1, 0.15) is 34.2 Å². The lowest BCUT2D eigenvalue weighted by molar-refractivity contribution is 0.102. The highest BCUT2D eigenvalue weighted by molar-refractivity contribution is 7.99. The lowest BCUT2D eigenvalue weighted by Gasteiger charge is -2.11. The van der Waals surface area contributed by atoms with Crippen molar-refractivity contribution in [3.63, 3.8) is 0 Å². The lowest BCUT2D eigenvalue weighted by Crippen LogP contribution is -2.08. The number of aryl methyl sites for hydroxylation is 1. The van der Waals surface area contributed by atoms with E-state index in [-0.39, 0.29) is 12.6 Å². The van der Waals surface area contributed by atoms with Gasteiger partial charge in [0, 0.05) is 35.6 Å². The topological polar surface area (TPSA) is 71.2 Å². The number of Topliss-reactive ketones (excluding diaryl/α,β-unsaturated/α-hetero) is 1. The van der Waals surface area contributed by atoms with Crippen molar-refractivity contribution in [2.75, 3.05) is 12.5 Å². The predicted molar refractivity (Wildman–Crippen MR) is 132 cm³/mol. The number of carbonyl (C=O) groups is 1. The number of ketones is 1. The molecule has 2 aromatic heterocycles. The maximum Gasteiger partial charge on any atom is 0.231 e. The summed E-state index contributed by atoms with van der Waals surface area (Å²) in [6, 6.07) is 17.9. The van der Waals surface area contributed by atoms with E-state index in [0.29, 0.717) is 12.3 Å². The van der Waals surface area contributed by atoms with Gasteiger partial charge in [0.15, 0.2) is 28.3 Å². The minimum Gasteiger partial charge on any atom is -0.454 e. The van der Waals surface area contributed by atoms with E-state index in [9.17, 15) is 4.79 Å². The number of aromatic nitrogens is 4. The molecule has 0 saturated heterocycles. The van der Waals surface area contributed by atoms with E-state index in [2.05, 4.69) is 26.3 Å². The van der Waals surface area contributed by atoms with Crippen LogP contribution in [0.5, 0.6) is 11.5 Å². The van der Waals surface area contributed by atoms with Gasteiger partial charge in [0.1, 0.15) is 0 Å². The number of hydrogen-bond acceptors (Lipinski definition) is 6. The van der Waals surface area contributed by atoms with Gasteiger partial charge in [0.25, 0.3) is 0 Å². The first-order valence-corrected chi connectivity index (χ1v) is 12.2. The Morgan fingerprint density at radius 1 is 1.00 bits per heavy atom. The molecule has 174 valence electrons. The molecule has 0 atom stereocenters. The standard InChI is InChI=1S/C26H26N4O3S/c1-4-29-25(20-8-6-5-7-9-20)27-28-26(29)34-15-22(31)21-12-17(2)30(18(21)3)14-19-10-11-23-24(13-19)33-16-32-23/h5-13H,4,14-16H2,1-3H3. The fraction of sp³-hybridized carbons (Fsp3) is 0.269. The minimum absolute atomic E-state index is 0.0851. The number of thioether (sulfide) groups is 1. The molecule has 0 amide bonds. The van der Waals surface area contributed by atoms with Crippen molar-refractivity contribution in [2.45, 2.75) is 39.0 Å². The molecule has 0 N–H and O–H groups in total. The summed E-state index contributed by atoms with van der Waals surface area (Å²) in [5.74, 6) is 2.75. The smallest absolute Gasteiger partial charge is 0.231 e. The molecule has 0 radical (unpaired) electrons. The zero-order valence-corrected chi connectivity index (χ0v) is 20.3. The van der Waals surface area contributed by atoms with Gasteiger partial charge in [-0.2, -0.15) is 0 Å². The average Bonchev–Trinajstić information content (AvgIpc) is 3.56. The Balaban J connectivity index is 1.31. The number of ether oxygens (including phenoxy) is 2. The quantitative estimate of drug-likeness (QED) is 0.260. The number of hydrogen-bond donors (Lipinski definition) is 0. The van der Waals surface area contributed by atoms with Gasteiger partial charge >= 0.3 is 0 Å². The third kappa shape index (κ3) is 4.21. The number of fused-ring (bicyclic) bond motifs is 1. The molecule has 4 aromatic rings. The van der Waals surface area contributed by atoms with Gasteiger partial charge in [0.2, 0.25) is 6.79 Å². The van der Waals surface area contributed by atoms with Crippen molar-refractivity contribution >= 4 is 17.5 Å². The van der Waals surface area contributed by atoms with Crippen molar-refractivity contribution in [3.05, 3.63) is 77.1 Å². The molecule has 3 heterocycles. The molecule has 0 spiro atoms. The summed E-state index contributed by atoms with van der Waals surface area (Å²) >= 11 is 1.43. The van der Waals surface area contributed by atoms with Gasteiger partial charge in [-0.1, -0.05) is 48.2 Å². The first kappa shape index (κ1) is 22.3. The first-order chi connectivity index (χ1) is 16.5. The van der Waals surface area contributed by atoms with E-state index < -0.39 is 0 Å². The third-order valence-corrected chi connectivity index (χ3v) is 7.02. The highest BCUT2D eigenvalue weighted by Crippen LogP contribution is 2.33. The van der Waals surface area contributed by atoms with Crippen LogP contribution in [0.4, 0.5) is 0 Å². The van der Waals surface area contributed by atoms with Crippen LogP contribution in [0.25, 0.3) is 11.4 Å². The summed E-state index contributed by atoms with van der Waals surface area (Å²) in [5, 5.41) is 9.48. The Bertz CT molecular complexity index is 1340. The Labute approximate surface area is 202 Å². The van der Waals surface area contributed by atoms with Crippen LogP contribution >= 0.6 is 11.8 Å². The van der Waals surface area contributed by atoms with Crippen molar-refractivity contribution in [3.8, 4) is 22.9 Å². The fourth-order valence-corrected chi connectivity index (χ4v) is 5.12. The summed E-state index contributed by atoms with van der Waals surface area (Å²) in [7, 11) is 0. The fourth-order valence-electron chi connectivity index (χ4n) is 4.24. The Morgan fingerprint density at radius 3 is 2.59 bits per heavy atom. The summed E-state index contributed by atoms with van der Waals surface area (Å²) in [6.07, 6.45) is 0. The number of benzene rings is 2. The van der Waals surface area contributed by atoms with Gasteiger partial charge in [0.05, 0.1) is 5.75 Å².